The van der Waals surface area contributed by atoms with Crippen LogP contribution in [0.2, 0.25) is 0 Å². The number of aromatic amines is 3. The quantitative estimate of drug-likeness (QED) is 0.497. The van der Waals surface area contributed by atoms with Gasteiger partial charge in [0, 0.05) is 28.9 Å². The number of hydrogen-bond donors (Lipinski definition) is 4. The highest BCUT2D eigenvalue weighted by atomic mass is 15.1. The lowest BCUT2D eigenvalue weighted by Gasteiger charge is -2.02. The number of nitrogens with one attached hydrogen (secondary N) is 4. The summed E-state index contributed by atoms with van der Waals surface area (Å²) < 4.78 is 0. The van der Waals surface area contributed by atoms with Gasteiger partial charge in [0.05, 0.1) is 0 Å². The molecule has 1 unspecified atom stereocenters. The average molecular weight is 316 g/mol. The molecule has 0 spiro atoms. The molecule has 3 aromatic rings. The molecule has 4 N–H and O–H groups in total. The normalized spacial score (nSPS) is 18.5. The number of aromatic nitrogens is 3. The Morgan fingerprint density at radius 1 is 0.875 bits per heavy atom. The number of hydrogen-bond acceptors (Lipinski definition) is 3. The molecular weight excluding hydrogens is 300 g/mol. The van der Waals surface area contributed by atoms with Crippen LogP contribution in [0, 0.1) is 0 Å². The first-order valence-corrected chi connectivity index (χ1v) is 7.94. The molecule has 2 aliphatic heterocycles. The number of aliphatic imine (C=N–C) groups is 1. The fourth-order valence-corrected chi connectivity index (χ4v) is 3.03. The Kier molecular flexibility index (Phi) is 2.82. The molecule has 0 aliphatic carbocycles. The topological polar surface area (TPSA) is 84.1 Å². The van der Waals surface area contributed by atoms with Gasteiger partial charge in [-0.2, -0.15) is 0 Å². The zero-order valence-corrected chi connectivity index (χ0v) is 12.9. The molecule has 1 atom stereocenters. The molecule has 5 rings (SSSR count). The van der Waals surface area contributed by atoms with Gasteiger partial charge in [-0.25, -0.2) is 9.98 Å². The smallest absolute Gasteiger partial charge is 0.163 e. The summed E-state index contributed by atoms with van der Waals surface area (Å²) in [7, 11) is 0. The maximum Gasteiger partial charge on any atom is 0.163 e. The SMILES string of the molecule is C1=CC2N=C1Nc1ccc([nH]1)Cc1ccc([nH]1)C=c1ccc([nH]1)=N2. The molecule has 0 fully saturated rings. The van der Waals surface area contributed by atoms with Crippen molar-refractivity contribution in [3.63, 3.8) is 0 Å². The average Bonchev–Trinajstić information content (AvgIpc) is 3.32. The van der Waals surface area contributed by atoms with Crippen molar-refractivity contribution < 1.29 is 0 Å². The second-order valence-corrected chi connectivity index (χ2v) is 6.00. The molecule has 0 aromatic carbocycles. The van der Waals surface area contributed by atoms with Crippen LogP contribution < -0.4 is 16.2 Å². The Labute approximate surface area is 137 Å². The summed E-state index contributed by atoms with van der Waals surface area (Å²) in [6.45, 7) is 0. The Morgan fingerprint density at radius 3 is 2.79 bits per heavy atom. The third kappa shape index (κ3) is 2.48. The van der Waals surface area contributed by atoms with Crippen LogP contribution in [0.3, 0.4) is 0 Å². The standard InChI is InChI=1S/C18H16N6/c1-2-12-10-14-4-6-16(21-14)23-18-8-7-17(24-18)22-15-5-3-13(20-15)9-11(1)19-12/h1-9,17,19,21H,10H2,(H,20,22)(H,23,24). The maximum absolute atomic E-state index is 4.61. The van der Waals surface area contributed by atoms with Crippen molar-refractivity contribution in [3.8, 4) is 0 Å². The van der Waals surface area contributed by atoms with Crippen LogP contribution in [-0.2, 0) is 6.42 Å². The molecule has 3 aromatic heterocycles. The zero-order valence-electron chi connectivity index (χ0n) is 12.9. The third-order valence-corrected chi connectivity index (χ3v) is 4.13. The minimum absolute atomic E-state index is 0.196. The fourth-order valence-electron chi connectivity index (χ4n) is 3.03. The highest BCUT2D eigenvalue weighted by Crippen LogP contribution is 2.14. The van der Waals surface area contributed by atoms with Crippen LogP contribution in [0.1, 0.15) is 17.1 Å². The predicted molar refractivity (Wildman–Crippen MR) is 93.5 cm³/mol. The van der Waals surface area contributed by atoms with Crippen LogP contribution >= 0.6 is 0 Å². The van der Waals surface area contributed by atoms with Crippen molar-refractivity contribution in [2.24, 2.45) is 9.98 Å². The Morgan fingerprint density at radius 2 is 1.79 bits per heavy atom. The van der Waals surface area contributed by atoms with Crippen molar-refractivity contribution in [1.29, 1.82) is 0 Å². The van der Waals surface area contributed by atoms with Gasteiger partial charge in [-0.3, -0.25) is 0 Å². The highest BCUT2D eigenvalue weighted by Gasteiger charge is 2.11. The second kappa shape index (κ2) is 5.13. The first-order valence-electron chi connectivity index (χ1n) is 7.94. The predicted octanol–water partition coefficient (Wildman–Crippen LogP) is 1.43. The zero-order chi connectivity index (χ0) is 15.9. The number of rotatable bonds is 0. The van der Waals surface area contributed by atoms with Crippen LogP contribution in [0.25, 0.3) is 6.08 Å². The maximum atomic E-state index is 4.61. The molecule has 0 amide bonds. The monoisotopic (exact) mass is 316 g/mol. The van der Waals surface area contributed by atoms with E-state index in [9.17, 15) is 0 Å². The van der Waals surface area contributed by atoms with Crippen LogP contribution in [0.15, 0.2) is 58.5 Å². The van der Waals surface area contributed by atoms with Crippen molar-refractivity contribution in [2.75, 3.05) is 5.32 Å². The van der Waals surface area contributed by atoms with Crippen molar-refractivity contribution >= 4 is 17.7 Å². The largest absolute Gasteiger partial charge is 0.359 e. The van der Waals surface area contributed by atoms with E-state index in [1.807, 2.05) is 30.4 Å². The lowest BCUT2D eigenvalue weighted by Crippen LogP contribution is -2.13. The van der Waals surface area contributed by atoms with Gasteiger partial charge in [0.25, 0.3) is 0 Å². The molecule has 24 heavy (non-hydrogen) atoms. The Bertz CT molecular complexity index is 1070. The van der Waals surface area contributed by atoms with Crippen molar-refractivity contribution in [1.82, 2.24) is 15.0 Å². The van der Waals surface area contributed by atoms with Gasteiger partial charge in [0.15, 0.2) is 6.17 Å². The van der Waals surface area contributed by atoms with Crippen molar-refractivity contribution in [2.45, 2.75) is 12.6 Å². The van der Waals surface area contributed by atoms with Gasteiger partial charge in [-0.1, -0.05) is 0 Å². The van der Waals surface area contributed by atoms with Gasteiger partial charge in [-0.15, -0.1) is 0 Å². The molecular formula is C18H16N6. The van der Waals surface area contributed by atoms with E-state index in [-0.39, 0.29) is 6.17 Å². The molecule has 0 saturated heterocycles. The summed E-state index contributed by atoms with van der Waals surface area (Å²) in [5.41, 5.74) is 4.19. The molecule has 5 heterocycles. The van der Waals surface area contributed by atoms with Gasteiger partial charge in [0.1, 0.15) is 17.1 Å². The molecule has 6 heteroatoms. The third-order valence-electron chi connectivity index (χ3n) is 4.13. The number of nitrogens with zero attached hydrogens (tertiary/aromatic N) is 2. The molecule has 6 nitrogen and oxygen atoms in total. The van der Waals surface area contributed by atoms with Gasteiger partial charge >= 0.3 is 0 Å². The number of amidine groups is 1. The Balaban J connectivity index is 1.63. The van der Waals surface area contributed by atoms with Gasteiger partial charge in [0.2, 0.25) is 0 Å². The summed E-state index contributed by atoms with van der Waals surface area (Å²) in [5.74, 6) is 1.74. The van der Waals surface area contributed by atoms with E-state index in [1.54, 1.807) is 0 Å². The van der Waals surface area contributed by atoms with E-state index in [2.05, 4.69) is 54.5 Å². The first-order chi connectivity index (χ1) is 11.8. The summed E-state index contributed by atoms with van der Waals surface area (Å²) in [4.78, 5) is 19.3. The van der Waals surface area contributed by atoms with Crippen molar-refractivity contribution in [3.05, 3.63) is 76.5 Å². The number of H-pyrrole nitrogens is 3. The van der Waals surface area contributed by atoms with E-state index in [0.717, 1.165) is 46.0 Å². The van der Waals surface area contributed by atoms with E-state index >= 15 is 0 Å². The highest BCUT2D eigenvalue weighted by molar-refractivity contribution is 6.04. The van der Waals surface area contributed by atoms with E-state index in [1.165, 1.54) is 0 Å². The molecule has 8 bridgehead atoms. The van der Waals surface area contributed by atoms with Crippen LogP contribution in [0.5, 0.6) is 0 Å². The summed E-state index contributed by atoms with van der Waals surface area (Å²) >= 11 is 0. The van der Waals surface area contributed by atoms with Gasteiger partial charge < -0.3 is 20.3 Å². The fraction of sp³-hybridized carbons (Fsp3) is 0.111. The lowest BCUT2D eigenvalue weighted by molar-refractivity contribution is 0.843. The second-order valence-electron chi connectivity index (χ2n) is 6.00. The van der Waals surface area contributed by atoms with E-state index < -0.39 is 0 Å². The van der Waals surface area contributed by atoms with E-state index in [4.69, 9.17) is 0 Å². The molecule has 2 aliphatic rings. The summed E-state index contributed by atoms with van der Waals surface area (Å²) in [6.07, 6.45) is 6.64. The first kappa shape index (κ1) is 13.2. The summed E-state index contributed by atoms with van der Waals surface area (Å²) in [5, 5.41) is 4.31. The number of fused-ring (bicyclic) bond motifs is 7. The minimum atomic E-state index is -0.196. The van der Waals surface area contributed by atoms with Crippen LogP contribution in [0.4, 0.5) is 5.82 Å². The summed E-state index contributed by atoms with van der Waals surface area (Å²) in [6, 6.07) is 12.3. The van der Waals surface area contributed by atoms with Crippen LogP contribution in [-0.4, -0.2) is 27.0 Å². The lowest BCUT2D eigenvalue weighted by atomic mass is 10.2. The van der Waals surface area contributed by atoms with E-state index in [0.29, 0.717) is 0 Å². The van der Waals surface area contributed by atoms with Gasteiger partial charge in [-0.05, 0) is 54.6 Å². The minimum Gasteiger partial charge on any atom is -0.359 e. The molecule has 118 valence electrons. The molecule has 0 saturated carbocycles. The number of anilines is 1. The molecule has 0 radical (unpaired) electrons. The Hall–Kier alpha value is -3.28.